The number of rotatable bonds is 14. The molecule has 0 saturated heterocycles. The molecule has 1 aromatic rings. The number of esters is 2. The van der Waals surface area contributed by atoms with E-state index in [1.807, 2.05) is 20.8 Å². The number of ether oxygens (including phenoxy) is 4. The summed E-state index contributed by atoms with van der Waals surface area (Å²) >= 11 is 0. The average molecular weight is 510 g/mol. The highest BCUT2D eigenvalue weighted by Gasteiger charge is 2.33. The molecule has 5 atom stereocenters. The van der Waals surface area contributed by atoms with Crippen LogP contribution >= 0.6 is 0 Å². The zero-order valence-electron chi connectivity index (χ0n) is 21.9. The molecule has 4 unspecified atom stereocenters. The monoisotopic (exact) mass is 509 g/mol. The molecule has 0 spiro atoms. The van der Waals surface area contributed by atoms with Crippen molar-refractivity contribution < 1.29 is 43.2 Å². The van der Waals surface area contributed by atoms with Gasteiger partial charge in [-0.2, -0.15) is 0 Å². The van der Waals surface area contributed by atoms with E-state index in [4.69, 9.17) is 24.7 Å². The van der Waals surface area contributed by atoms with Crippen LogP contribution < -0.4 is 15.2 Å². The van der Waals surface area contributed by atoms with Crippen molar-refractivity contribution in [2.24, 2.45) is 23.5 Å². The predicted octanol–water partition coefficient (Wildman–Crippen LogP) is 4.28. The normalized spacial score (nSPS) is 15.1. The van der Waals surface area contributed by atoms with Gasteiger partial charge in [0.15, 0.2) is 11.5 Å². The first kappa shape index (κ1) is 30.9. The molecule has 1 rings (SSSR count). The van der Waals surface area contributed by atoms with E-state index in [1.165, 1.54) is 12.1 Å². The molecule has 36 heavy (non-hydrogen) atoms. The van der Waals surface area contributed by atoms with Crippen LogP contribution in [0, 0.1) is 17.8 Å². The Morgan fingerprint density at radius 2 is 1.44 bits per heavy atom. The Labute approximate surface area is 212 Å². The van der Waals surface area contributed by atoms with Gasteiger partial charge in [0.2, 0.25) is 0 Å². The van der Waals surface area contributed by atoms with Crippen molar-refractivity contribution in [3.8, 4) is 11.5 Å². The highest BCUT2D eigenvalue weighted by Crippen LogP contribution is 2.36. The fraction of sp³-hybridized carbons (Fsp3) is 0.615. The lowest BCUT2D eigenvalue weighted by atomic mass is 9.82. The summed E-state index contributed by atoms with van der Waals surface area (Å²) in [6.07, 6.45) is 0.868. The van der Waals surface area contributed by atoms with Crippen LogP contribution in [0.5, 0.6) is 11.5 Å². The number of carboxylic acids is 1. The number of aliphatic carboxylic acids is 1. The SMILES string of the molecule is CCCOC(=O)OCC(C)C(c1ccc(OC(=O)C(C)CC)c(OC(=O)C(C)CC)c1)[C@H](N)C(=O)O. The van der Waals surface area contributed by atoms with Crippen molar-refractivity contribution in [3.63, 3.8) is 0 Å². The quantitative estimate of drug-likeness (QED) is 0.274. The molecule has 0 aliphatic carbocycles. The topological polar surface area (TPSA) is 151 Å². The maximum Gasteiger partial charge on any atom is 0.508 e. The molecule has 10 heteroatoms. The first-order chi connectivity index (χ1) is 17.0. The van der Waals surface area contributed by atoms with Gasteiger partial charge in [-0.15, -0.1) is 0 Å². The third kappa shape index (κ3) is 9.14. The van der Waals surface area contributed by atoms with Gasteiger partial charge in [0.05, 0.1) is 25.0 Å². The number of hydrogen-bond acceptors (Lipinski definition) is 9. The molecule has 10 nitrogen and oxygen atoms in total. The van der Waals surface area contributed by atoms with Gasteiger partial charge < -0.3 is 29.8 Å². The minimum atomic E-state index is -1.36. The van der Waals surface area contributed by atoms with Crippen LogP contribution in [-0.4, -0.2) is 48.4 Å². The van der Waals surface area contributed by atoms with E-state index in [1.54, 1.807) is 26.8 Å². The Balaban J connectivity index is 3.37. The summed E-state index contributed by atoms with van der Waals surface area (Å²) in [4.78, 5) is 48.5. The van der Waals surface area contributed by atoms with Crippen LogP contribution in [0.2, 0.25) is 0 Å². The second-order valence-electron chi connectivity index (χ2n) is 8.94. The number of carbonyl (C=O) groups is 4. The molecule has 3 N–H and O–H groups in total. The molecule has 0 aliphatic rings. The molecule has 0 aromatic heterocycles. The van der Waals surface area contributed by atoms with Gasteiger partial charge in [-0.05, 0) is 42.9 Å². The number of nitrogens with two attached hydrogens (primary N) is 1. The van der Waals surface area contributed by atoms with Crippen molar-refractivity contribution in [2.45, 2.75) is 72.8 Å². The van der Waals surface area contributed by atoms with E-state index in [9.17, 15) is 24.3 Å². The fourth-order valence-electron chi connectivity index (χ4n) is 3.22. The van der Waals surface area contributed by atoms with Crippen molar-refractivity contribution in [1.82, 2.24) is 0 Å². The Hall–Kier alpha value is -3.14. The molecule has 0 radical (unpaired) electrons. The Bertz CT molecular complexity index is 901. The second-order valence-corrected chi connectivity index (χ2v) is 8.94. The molecule has 0 saturated carbocycles. The molecule has 1 aromatic carbocycles. The van der Waals surface area contributed by atoms with E-state index < -0.39 is 47.9 Å². The molecular weight excluding hydrogens is 470 g/mol. The van der Waals surface area contributed by atoms with E-state index >= 15 is 0 Å². The summed E-state index contributed by atoms with van der Waals surface area (Å²) in [5.74, 6) is -4.42. The summed E-state index contributed by atoms with van der Waals surface area (Å²) in [7, 11) is 0. The lowest BCUT2D eigenvalue weighted by Gasteiger charge is -2.28. The highest BCUT2D eigenvalue weighted by atomic mass is 16.7. The maximum absolute atomic E-state index is 12.5. The summed E-state index contributed by atoms with van der Waals surface area (Å²) < 4.78 is 21.1. The van der Waals surface area contributed by atoms with Gasteiger partial charge in [-0.1, -0.05) is 47.6 Å². The first-order valence-electron chi connectivity index (χ1n) is 12.3. The van der Waals surface area contributed by atoms with Crippen LogP contribution in [0.25, 0.3) is 0 Å². The molecule has 0 bridgehead atoms. The smallest absolute Gasteiger partial charge is 0.480 e. The Morgan fingerprint density at radius 1 is 0.889 bits per heavy atom. The largest absolute Gasteiger partial charge is 0.508 e. The molecule has 0 heterocycles. The Kier molecular flexibility index (Phi) is 12.9. The fourth-order valence-corrected chi connectivity index (χ4v) is 3.22. The van der Waals surface area contributed by atoms with Crippen molar-refractivity contribution >= 4 is 24.1 Å². The highest BCUT2D eigenvalue weighted by molar-refractivity contribution is 5.79. The lowest BCUT2D eigenvalue weighted by Crippen LogP contribution is -2.40. The number of hydrogen-bond donors (Lipinski definition) is 2. The first-order valence-corrected chi connectivity index (χ1v) is 12.3. The predicted molar refractivity (Wildman–Crippen MR) is 132 cm³/mol. The van der Waals surface area contributed by atoms with E-state index in [0.717, 1.165) is 0 Å². The van der Waals surface area contributed by atoms with Crippen LogP contribution in [0.1, 0.15) is 72.3 Å². The van der Waals surface area contributed by atoms with Crippen molar-refractivity contribution in [1.29, 1.82) is 0 Å². The van der Waals surface area contributed by atoms with Gasteiger partial charge in [0.25, 0.3) is 0 Å². The van der Waals surface area contributed by atoms with Gasteiger partial charge in [0.1, 0.15) is 6.04 Å². The number of benzene rings is 1. The standard InChI is InChI=1S/C26H39NO9/c1-7-12-33-26(32)34-14-17(6)21(22(27)23(28)29)18-10-11-19(35-24(30)15(4)8-2)20(13-18)36-25(31)16(5)9-3/h10-11,13,15-17,21-22H,7-9,12,14,27H2,1-6H3,(H,28,29)/t15?,16?,17?,21?,22-/m0/s1. The van der Waals surface area contributed by atoms with Gasteiger partial charge in [0, 0.05) is 5.92 Å². The number of carbonyl (C=O) groups excluding carboxylic acids is 3. The van der Waals surface area contributed by atoms with Crippen molar-refractivity contribution in [2.75, 3.05) is 13.2 Å². The molecule has 0 amide bonds. The van der Waals surface area contributed by atoms with Crippen LogP contribution in [0.15, 0.2) is 18.2 Å². The Morgan fingerprint density at radius 3 is 1.94 bits per heavy atom. The zero-order valence-corrected chi connectivity index (χ0v) is 21.9. The average Bonchev–Trinajstić information content (AvgIpc) is 2.86. The van der Waals surface area contributed by atoms with Crippen molar-refractivity contribution in [3.05, 3.63) is 23.8 Å². The van der Waals surface area contributed by atoms with Crippen LogP contribution in [0.4, 0.5) is 4.79 Å². The number of carboxylic acid groups (broad SMARTS) is 1. The van der Waals surface area contributed by atoms with E-state index in [0.29, 0.717) is 24.8 Å². The van der Waals surface area contributed by atoms with Crippen LogP contribution in [-0.2, 0) is 23.9 Å². The second kappa shape index (κ2) is 15.1. The summed E-state index contributed by atoms with van der Waals surface area (Å²) in [6.45, 7) is 10.7. The lowest BCUT2D eigenvalue weighted by molar-refractivity contribution is -0.141. The minimum Gasteiger partial charge on any atom is -0.480 e. The third-order valence-electron chi connectivity index (χ3n) is 5.98. The third-order valence-corrected chi connectivity index (χ3v) is 5.98. The molecule has 0 fully saturated rings. The maximum atomic E-state index is 12.5. The summed E-state index contributed by atoms with van der Waals surface area (Å²) in [5, 5.41) is 9.63. The minimum absolute atomic E-state index is 0.0208. The van der Waals surface area contributed by atoms with Gasteiger partial charge >= 0.3 is 24.1 Å². The van der Waals surface area contributed by atoms with E-state index in [-0.39, 0.29) is 30.6 Å². The van der Waals surface area contributed by atoms with E-state index in [2.05, 4.69) is 0 Å². The zero-order chi connectivity index (χ0) is 27.4. The summed E-state index contributed by atoms with van der Waals surface area (Å²) in [6, 6.07) is 3.08. The van der Waals surface area contributed by atoms with Gasteiger partial charge in [-0.25, -0.2) is 4.79 Å². The molecule has 0 aliphatic heterocycles. The molecule has 202 valence electrons. The van der Waals surface area contributed by atoms with Crippen LogP contribution in [0.3, 0.4) is 0 Å². The summed E-state index contributed by atoms with van der Waals surface area (Å²) in [5.41, 5.74) is 6.43. The van der Waals surface area contributed by atoms with Gasteiger partial charge in [-0.3, -0.25) is 14.4 Å². The molecular formula is C26H39NO9.